The van der Waals surface area contributed by atoms with Gasteiger partial charge in [0.1, 0.15) is 0 Å². The second-order valence-electron chi connectivity index (χ2n) is 7.91. The van der Waals surface area contributed by atoms with Crippen molar-refractivity contribution in [2.45, 2.75) is 31.5 Å². The van der Waals surface area contributed by atoms with Crippen molar-refractivity contribution in [1.82, 2.24) is 14.5 Å². The molecule has 1 aromatic heterocycles. The van der Waals surface area contributed by atoms with Crippen LogP contribution < -0.4 is 10.9 Å². The first-order valence-electron chi connectivity index (χ1n) is 10.3. The van der Waals surface area contributed by atoms with Gasteiger partial charge < -0.3 is 20.4 Å². The SMILES string of the molecule is C=C(Nc1ccc2c(=O)n(CCc3ccc(Cl)cc3Cl)cnc2c1)N1C[C@H](O)C[C@@H]1CO. The molecule has 0 saturated carbocycles. The molecular weight excluding hydrogens is 451 g/mol. The van der Waals surface area contributed by atoms with Crippen molar-refractivity contribution in [2.75, 3.05) is 18.5 Å². The first kappa shape index (κ1) is 22.6. The first-order chi connectivity index (χ1) is 15.4. The fourth-order valence-corrected chi connectivity index (χ4v) is 4.50. The Morgan fingerprint density at radius 3 is 2.81 bits per heavy atom. The molecule has 1 aliphatic rings. The molecule has 0 bridgehead atoms. The first-order valence-corrected chi connectivity index (χ1v) is 11.1. The van der Waals surface area contributed by atoms with E-state index in [2.05, 4.69) is 16.9 Å². The van der Waals surface area contributed by atoms with Crippen molar-refractivity contribution >= 4 is 39.8 Å². The van der Waals surface area contributed by atoms with Crippen molar-refractivity contribution in [3.05, 3.63) is 81.1 Å². The van der Waals surface area contributed by atoms with Gasteiger partial charge >= 0.3 is 0 Å². The maximum absolute atomic E-state index is 12.9. The number of rotatable bonds is 7. The Morgan fingerprint density at radius 2 is 2.06 bits per heavy atom. The molecule has 1 fully saturated rings. The second kappa shape index (κ2) is 9.50. The number of fused-ring (bicyclic) bond motifs is 1. The maximum atomic E-state index is 12.9. The number of nitrogens with one attached hydrogen (secondary N) is 1. The molecule has 168 valence electrons. The molecule has 3 N–H and O–H groups in total. The van der Waals surface area contributed by atoms with E-state index in [1.54, 1.807) is 34.9 Å². The van der Waals surface area contributed by atoms with Crippen molar-refractivity contribution in [1.29, 1.82) is 0 Å². The van der Waals surface area contributed by atoms with Gasteiger partial charge in [0.25, 0.3) is 5.56 Å². The largest absolute Gasteiger partial charge is 0.394 e. The summed E-state index contributed by atoms with van der Waals surface area (Å²) in [5, 5.41) is 24.2. The van der Waals surface area contributed by atoms with Crippen LogP contribution in [0.25, 0.3) is 10.9 Å². The smallest absolute Gasteiger partial charge is 0.261 e. The molecule has 0 radical (unpaired) electrons. The molecule has 4 rings (SSSR count). The van der Waals surface area contributed by atoms with Gasteiger partial charge in [-0.05, 0) is 48.7 Å². The highest BCUT2D eigenvalue weighted by Gasteiger charge is 2.31. The van der Waals surface area contributed by atoms with E-state index in [-0.39, 0.29) is 18.2 Å². The maximum Gasteiger partial charge on any atom is 0.261 e. The number of hydrogen-bond donors (Lipinski definition) is 3. The van der Waals surface area contributed by atoms with Crippen LogP contribution in [-0.2, 0) is 13.0 Å². The Morgan fingerprint density at radius 1 is 1.25 bits per heavy atom. The molecule has 2 heterocycles. The topological polar surface area (TPSA) is 90.6 Å². The zero-order chi connectivity index (χ0) is 22.8. The lowest BCUT2D eigenvalue weighted by molar-refractivity contribution is 0.184. The van der Waals surface area contributed by atoms with Gasteiger partial charge in [0.2, 0.25) is 0 Å². The number of anilines is 1. The lowest BCUT2D eigenvalue weighted by Crippen LogP contribution is -2.34. The van der Waals surface area contributed by atoms with Gasteiger partial charge in [-0.15, -0.1) is 0 Å². The van der Waals surface area contributed by atoms with Crippen LogP contribution in [0.1, 0.15) is 12.0 Å². The number of aliphatic hydroxyl groups is 2. The fourth-order valence-electron chi connectivity index (χ4n) is 3.99. The normalized spacial score (nSPS) is 18.3. The Balaban J connectivity index is 1.49. The van der Waals surface area contributed by atoms with E-state index in [4.69, 9.17) is 23.2 Å². The van der Waals surface area contributed by atoms with E-state index in [1.807, 2.05) is 11.0 Å². The number of β-amino-alcohol motifs (C(OH)–C–C–N with tert-alkyl or cyclic N) is 1. The summed E-state index contributed by atoms with van der Waals surface area (Å²) >= 11 is 12.2. The number of halogens is 2. The van der Waals surface area contributed by atoms with Gasteiger partial charge in [0.15, 0.2) is 0 Å². The zero-order valence-electron chi connectivity index (χ0n) is 17.3. The van der Waals surface area contributed by atoms with Gasteiger partial charge in [0, 0.05) is 28.8 Å². The molecule has 0 unspecified atom stereocenters. The van der Waals surface area contributed by atoms with E-state index in [9.17, 15) is 15.0 Å². The van der Waals surface area contributed by atoms with Crippen LogP contribution in [0.4, 0.5) is 5.69 Å². The molecular formula is C23H24Cl2N4O3. The minimum absolute atomic E-state index is 0.0577. The average molecular weight is 475 g/mol. The van der Waals surface area contributed by atoms with Gasteiger partial charge in [-0.25, -0.2) is 4.98 Å². The summed E-state index contributed by atoms with van der Waals surface area (Å²) in [6.45, 7) is 4.82. The van der Waals surface area contributed by atoms with Crippen LogP contribution in [0, 0.1) is 0 Å². The predicted molar refractivity (Wildman–Crippen MR) is 127 cm³/mol. The molecule has 0 amide bonds. The third-order valence-corrected chi connectivity index (χ3v) is 6.29. The van der Waals surface area contributed by atoms with E-state index in [0.717, 1.165) is 11.3 Å². The highest BCUT2D eigenvalue weighted by molar-refractivity contribution is 6.35. The Kier molecular flexibility index (Phi) is 6.71. The van der Waals surface area contributed by atoms with Crippen molar-refractivity contribution in [3.63, 3.8) is 0 Å². The monoisotopic (exact) mass is 474 g/mol. The predicted octanol–water partition coefficient (Wildman–Crippen LogP) is 3.26. The number of aromatic nitrogens is 2. The van der Waals surface area contributed by atoms with Gasteiger partial charge in [-0.3, -0.25) is 9.36 Å². The summed E-state index contributed by atoms with van der Waals surface area (Å²) in [5.41, 5.74) is 2.06. The number of benzene rings is 2. The average Bonchev–Trinajstić information content (AvgIpc) is 3.15. The molecule has 7 nitrogen and oxygen atoms in total. The lowest BCUT2D eigenvalue weighted by atomic mass is 10.1. The standard InChI is InChI=1S/C23H24Cl2N4O3/c1-14(29-11-19(31)10-18(29)12-30)27-17-4-5-20-22(9-17)26-13-28(23(20)32)7-6-15-2-3-16(24)8-21(15)25/h2-5,8-9,13,18-19,27,30-31H,1,6-7,10-12H2/t18-,19-/m1/s1. The molecule has 0 aliphatic carbocycles. The van der Waals surface area contributed by atoms with Crippen LogP contribution >= 0.6 is 23.2 Å². The Labute approximate surface area is 195 Å². The second-order valence-corrected chi connectivity index (χ2v) is 8.75. The summed E-state index contributed by atoms with van der Waals surface area (Å²) in [5.74, 6) is 0.577. The van der Waals surface area contributed by atoms with E-state index >= 15 is 0 Å². The Hall–Kier alpha value is -2.58. The van der Waals surface area contributed by atoms with Crippen molar-refractivity contribution in [2.24, 2.45) is 0 Å². The number of aliphatic hydroxyl groups excluding tert-OH is 2. The third kappa shape index (κ3) is 4.76. The highest BCUT2D eigenvalue weighted by Crippen LogP contribution is 2.24. The summed E-state index contributed by atoms with van der Waals surface area (Å²) in [6.07, 6.45) is 2.12. The van der Waals surface area contributed by atoms with Crippen LogP contribution in [0.15, 0.2) is 59.9 Å². The zero-order valence-corrected chi connectivity index (χ0v) is 18.9. The quantitative estimate of drug-likeness (QED) is 0.486. The molecule has 1 aliphatic heterocycles. The summed E-state index contributed by atoms with van der Waals surface area (Å²) in [6, 6.07) is 10.4. The minimum Gasteiger partial charge on any atom is -0.394 e. The van der Waals surface area contributed by atoms with Gasteiger partial charge in [-0.2, -0.15) is 0 Å². The van der Waals surface area contributed by atoms with Crippen LogP contribution in [-0.4, -0.2) is 50.0 Å². The molecule has 2 aromatic carbocycles. The fraction of sp³-hybridized carbons (Fsp3) is 0.304. The molecule has 3 aromatic rings. The van der Waals surface area contributed by atoms with Crippen LogP contribution in [0.2, 0.25) is 10.0 Å². The van der Waals surface area contributed by atoms with Crippen LogP contribution in [0.3, 0.4) is 0 Å². The highest BCUT2D eigenvalue weighted by atomic mass is 35.5. The summed E-state index contributed by atoms with van der Waals surface area (Å²) < 4.78 is 1.57. The molecule has 1 saturated heterocycles. The third-order valence-electron chi connectivity index (χ3n) is 5.70. The number of hydrogen-bond acceptors (Lipinski definition) is 6. The van der Waals surface area contributed by atoms with E-state index < -0.39 is 6.10 Å². The van der Waals surface area contributed by atoms with Gasteiger partial charge in [-0.1, -0.05) is 35.8 Å². The van der Waals surface area contributed by atoms with E-state index in [0.29, 0.717) is 52.7 Å². The molecule has 9 heteroatoms. The molecule has 32 heavy (non-hydrogen) atoms. The number of nitrogens with zero attached hydrogens (tertiary/aromatic N) is 3. The molecule has 2 atom stereocenters. The minimum atomic E-state index is -0.495. The summed E-state index contributed by atoms with van der Waals surface area (Å²) in [7, 11) is 0. The number of aryl methyl sites for hydroxylation is 2. The van der Waals surface area contributed by atoms with E-state index in [1.165, 1.54) is 6.33 Å². The van der Waals surface area contributed by atoms with Gasteiger partial charge in [0.05, 0.1) is 41.8 Å². The van der Waals surface area contributed by atoms with Crippen molar-refractivity contribution in [3.8, 4) is 0 Å². The molecule has 0 spiro atoms. The Bertz CT molecular complexity index is 1210. The lowest BCUT2D eigenvalue weighted by Gasteiger charge is -2.27. The summed E-state index contributed by atoms with van der Waals surface area (Å²) in [4.78, 5) is 19.2. The van der Waals surface area contributed by atoms with Crippen LogP contribution in [0.5, 0.6) is 0 Å². The number of likely N-dealkylation sites (tertiary alicyclic amines) is 1. The van der Waals surface area contributed by atoms with Crippen molar-refractivity contribution < 1.29 is 10.2 Å².